The number of hydrogen-bond donors (Lipinski definition) is 1. The summed E-state index contributed by atoms with van der Waals surface area (Å²) in [4.78, 5) is 42.5. The maximum atomic E-state index is 14.3. The lowest BCUT2D eigenvalue weighted by molar-refractivity contribution is -0.131. The molecule has 0 saturated carbocycles. The molecule has 3 aromatic carbocycles. The van der Waals surface area contributed by atoms with Crippen molar-refractivity contribution < 1.29 is 33.4 Å². The SMILES string of the molecule is Cc1cccc(-c2cc(C(=O)[C@H](Cc3ccccc3)C(=O)N3C(=O)OC[C@@H]3Cc3ccccc3)oc2CCCOCCO)c1. The van der Waals surface area contributed by atoms with E-state index in [-0.39, 0.29) is 32.0 Å². The van der Waals surface area contributed by atoms with E-state index in [1.807, 2.05) is 91.9 Å². The van der Waals surface area contributed by atoms with Crippen molar-refractivity contribution in [1.29, 1.82) is 0 Å². The molecule has 2 atom stereocenters. The number of aliphatic hydroxyl groups excluding tert-OH is 1. The van der Waals surface area contributed by atoms with Gasteiger partial charge in [0.25, 0.3) is 0 Å². The minimum absolute atomic E-state index is 0.0540. The Kier molecular flexibility index (Phi) is 10.4. The number of carbonyl (C=O) groups is 3. The molecule has 228 valence electrons. The fourth-order valence-corrected chi connectivity index (χ4v) is 5.54. The molecule has 1 saturated heterocycles. The van der Waals surface area contributed by atoms with Gasteiger partial charge in [-0.15, -0.1) is 0 Å². The highest BCUT2D eigenvalue weighted by Crippen LogP contribution is 2.32. The molecule has 1 aromatic heterocycles. The number of aryl methyl sites for hydroxylation is 2. The highest BCUT2D eigenvalue weighted by Gasteiger charge is 2.44. The van der Waals surface area contributed by atoms with Crippen LogP contribution in [-0.4, -0.2) is 60.3 Å². The number of ketones is 1. The van der Waals surface area contributed by atoms with E-state index in [1.165, 1.54) is 0 Å². The lowest BCUT2D eigenvalue weighted by Gasteiger charge is -2.24. The second-order valence-electron chi connectivity index (χ2n) is 11.0. The number of imide groups is 1. The molecular formula is C36H37NO7. The molecule has 1 fully saturated rings. The third-order valence-corrected chi connectivity index (χ3v) is 7.72. The monoisotopic (exact) mass is 595 g/mol. The van der Waals surface area contributed by atoms with Crippen LogP contribution in [0.3, 0.4) is 0 Å². The molecule has 0 bridgehead atoms. The second-order valence-corrected chi connectivity index (χ2v) is 11.0. The van der Waals surface area contributed by atoms with Gasteiger partial charge in [0.2, 0.25) is 11.7 Å². The molecule has 44 heavy (non-hydrogen) atoms. The molecule has 8 nitrogen and oxygen atoms in total. The van der Waals surface area contributed by atoms with Crippen molar-refractivity contribution >= 4 is 17.8 Å². The Morgan fingerprint density at radius 3 is 2.39 bits per heavy atom. The van der Waals surface area contributed by atoms with E-state index < -0.39 is 29.7 Å². The summed E-state index contributed by atoms with van der Waals surface area (Å²) in [7, 11) is 0. The summed E-state index contributed by atoms with van der Waals surface area (Å²) in [5.74, 6) is -1.61. The van der Waals surface area contributed by atoms with Crippen LogP contribution in [0.4, 0.5) is 4.79 Å². The Bertz CT molecular complexity index is 1560. The average Bonchev–Trinajstić information content (AvgIpc) is 3.63. The van der Waals surface area contributed by atoms with Crippen LogP contribution in [0, 0.1) is 12.8 Å². The fourth-order valence-electron chi connectivity index (χ4n) is 5.54. The minimum Gasteiger partial charge on any atom is -0.457 e. The van der Waals surface area contributed by atoms with Crippen molar-refractivity contribution in [3.05, 3.63) is 119 Å². The summed E-state index contributed by atoms with van der Waals surface area (Å²) in [5.41, 5.74) is 4.48. The van der Waals surface area contributed by atoms with Crippen molar-refractivity contribution in [2.75, 3.05) is 26.4 Å². The number of ether oxygens (including phenoxy) is 2. The molecule has 2 heterocycles. The van der Waals surface area contributed by atoms with Crippen molar-refractivity contribution in [2.45, 2.75) is 38.6 Å². The van der Waals surface area contributed by atoms with Gasteiger partial charge in [0.15, 0.2) is 5.76 Å². The number of benzene rings is 3. The Hall–Kier alpha value is -4.53. The number of nitrogens with zero attached hydrogens (tertiary/aromatic N) is 1. The molecule has 4 aromatic rings. The van der Waals surface area contributed by atoms with Gasteiger partial charge in [-0.1, -0.05) is 90.5 Å². The van der Waals surface area contributed by atoms with Crippen LogP contribution >= 0.6 is 0 Å². The number of furan rings is 1. The predicted molar refractivity (Wildman–Crippen MR) is 165 cm³/mol. The van der Waals surface area contributed by atoms with Crippen LogP contribution in [0.25, 0.3) is 11.1 Å². The number of Topliss-reactive ketones (excluding diaryl/α,β-unsaturated/α-hetero) is 1. The molecule has 2 amide bonds. The zero-order valence-corrected chi connectivity index (χ0v) is 24.8. The maximum absolute atomic E-state index is 14.3. The summed E-state index contributed by atoms with van der Waals surface area (Å²) in [5, 5.41) is 9.01. The van der Waals surface area contributed by atoms with Crippen LogP contribution in [0.1, 0.15) is 39.4 Å². The van der Waals surface area contributed by atoms with Crippen LogP contribution in [-0.2, 0) is 33.5 Å². The van der Waals surface area contributed by atoms with Gasteiger partial charge < -0.3 is 19.0 Å². The van der Waals surface area contributed by atoms with E-state index in [9.17, 15) is 14.4 Å². The summed E-state index contributed by atoms with van der Waals surface area (Å²) in [6.07, 6.45) is 0.894. The first-order chi connectivity index (χ1) is 21.4. The molecule has 0 unspecified atom stereocenters. The first kappa shape index (κ1) is 30.9. The van der Waals surface area contributed by atoms with Gasteiger partial charge in [-0.2, -0.15) is 0 Å². The first-order valence-electron chi connectivity index (χ1n) is 14.9. The van der Waals surface area contributed by atoms with Crippen molar-refractivity contribution in [3.8, 4) is 11.1 Å². The average molecular weight is 596 g/mol. The molecule has 5 rings (SSSR count). The number of amides is 2. The zero-order chi connectivity index (χ0) is 30.9. The number of rotatable bonds is 14. The third-order valence-electron chi connectivity index (χ3n) is 7.72. The standard InChI is InChI=1S/C36H37NO7/c1-25-10-8-15-28(20-25)30-23-33(44-32(30)16-9-18-42-19-17-38)34(39)31(22-27-13-6-3-7-14-27)35(40)37-29(24-43-36(37)41)21-26-11-4-2-5-12-26/h2-8,10-15,20,23,29,31,38H,9,16-19,21-22,24H2,1H3/t29-,31-/m0/s1. The van der Waals surface area contributed by atoms with Gasteiger partial charge in [0, 0.05) is 18.6 Å². The van der Waals surface area contributed by atoms with Crippen LogP contribution in [0.2, 0.25) is 0 Å². The largest absolute Gasteiger partial charge is 0.457 e. The highest BCUT2D eigenvalue weighted by molar-refractivity contribution is 6.12. The van der Waals surface area contributed by atoms with Gasteiger partial charge in [-0.25, -0.2) is 9.69 Å². The summed E-state index contributed by atoms with van der Waals surface area (Å²) in [6, 6.07) is 28.0. The number of aliphatic hydroxyl groups is 1. The topological polar surface area (TPSA) is 106 Å². The van der Waals surface area contributed by atoms with Crippen molar-refractivity contribution in [1.82, 2.24) is 4.90 Å². The maximum Gasteiger partial charge on any atom is 0.417 e. The van der Waals surface area contributed by atoms with E-state index in [0.717, 1.165) is 32.7 Å². The zero-order valence-electron chi connectivity index (χ0n) is 24.8. The Labute approximate surface area is 257 Å². The third kappa shape index (κ3) is 7.51. The van der Waals surface area contributed by atoms with E-state index in [0.29, 0.717) is 31.6 Å². The fraction of sp³-hybridized carbons (Fsp3) is 0.306. The van der Waals surface area contributed by atoms with Gasteiger partial charge in [-0.05, 0) is 48.9 Å². The molecule has 0 radical (unpaired) electrons. The van der Waals surface area contributed by atoms with Gasteiger partial charge in [0.1, 0.15) is 18.3 Å². The van der Waals surface area contributed by atoms with Crippen LogP contribution in [0.5, 0.6) is 0 Å². The lowest BCUT2D eigenvalue weighted by atomic mass is 9.91. The number of cyclic esters (lactones) is 1. The Morgan fingerprint density at radius 2 is 1.68 bits per heavy atom. The van der Waals surface area contributed by atoms with Crippen LogP contribution < -0.4 is 0 Å². The Balaban J connectivity index is 1.47. The van der Waals surface area contributed by atoms with E-state index in [1.54, 1.807) is 6.07 Å². The quantitative estimate of drug-likeness (QED) is 0.111. The summed E-state index contributed by atoms with van der Waals surface area (Å²) >= 11 is 0. The summed E-state index contributed by atoms with van der Waals surface area (Å²) < 4.78 is 17.0. The minimum atomic E-state index is -1.20. The van der Waals surface area contributed by atoms with E-state index >= 15 is 0 Å². The van der Waals surface area contributed by atoms with Crippen LogP contribution in [0.15, 0.2) is 95.4 Å². The highest BCUT2D eigenvalue weighted by atomic mass is 16.6. The molecular weight excluding hydrogens is 558 g/mol. The molecule has 8 heteroatoms. The van der Waals surface area contributed by atoms with E-state index in [4.69, 9.17) is 19.0 Å². The smallest absolute Gasteiger partial charge is 0.417 e. The van der Waals surface area contributed by atoms with E-state index in [2.05, 4.69) is 0 Å². The molecule has 1 aliphatic heterocycles. The van der Waals surface area contributed by atoms with Gasteiger partial charge >= 0.3 is 6.09 Å². The van der Waals surface area contributed by atoms with Gasteiger partial charge in [0.05, 0.1) is 19.3 Å². The van der Waals surface area contributed by atoms with Gasteiger partial charge in [-0.3, -0.25) is 9.59 Å². The molecule has 1 N–H and O–H groups in total. The first-order valence-corrected chi connectivity index (χ1v) is 14.9. The predicted octanol–water partition coefficient (Wildman–Crippen LogP) is 5.83. The molecule has 0 spiro atoms. The number of hydrogen-bond acceptors (Lipinski definition) is 7. The van der Waals surface area contributed by atoms with Crippen molar-refractivity contribution in [2.24, 2.45) is 5.92 Å². The Morgan fingerprint density at radius 1 is 0.955 bits per heavy atom. The second kappa shape index (κ2) is 14.8. The molecule has 0 aliphatic carbocycles. The lowest BCUT2D eigenvalue weighted by Crippen LogP contribution is -2.46. The summed E-state index contributed by atoms with van der Waals surface area (Å²) in [6.45, 7) is 2.68. The van der Waals surface area contributed by atoms with Crippen molar-refractivity contribution in [3.63, 3.8) is 0 Å². The number of carbonyl (C=O) groups excluding carboxylic acids is 3. The molecule has 1 aliphatic rings. The normalized spacial score (nSPS) is 15.3.